The molecule has 22 heavy (non-hydrogen) atoms. The number of nitrogens with two attached hydrogens (primary N) is 1. The molecule has 8 atom stereocenters. The Labute approximate surface area is 142 Å². The summed E-state index contributed by atoms with van der Waals surface area (Å²) in [5.41, 5.74) is 7.43. The number of hydrogen-bond donors (Lipinski definition) is 2. The van der Waals surface area contributed by atoms with Crippen LogP contribution < -0.4 is 5.73 Å². The first-order valence-corrected chi connectivity index (χ1v) is 9.39. The van der Waals surface area contributed by atoms with Crippen molar-refractivity contribution < 1.29 is 5.11 Å². The van der Waals surface area contributed by atoms with E-state index >= 15 is 0 Å². The summed E-state index contributed by atoms with van der Waals surface area (Å²) in [5.74, 6) is 3.50. The maximum absolute atomic E-state index is 10.1. The van der Waals surface area contributed by atoms with E-state index in [9.17, 15) is 5.11 Å². The zero-order chi connectivity index (χ0) is 14.8. The van der Waals surface area contributed by atoms with Crippen LogP contribution in [0.1, 0.15) is 71.6 Å². The molecule has 4 rings (SSSR count). The molecule has 0 spiro atoms. The van der Waals surface area contributed by atoms with Crippen LogP contribution in [0.25, 0.3) is 0 Å². The highest BCUT2D eigenvalue weighted by atomic mass is 35.5. The van der Waals surface area contributed by atoms with Crippen molar-refractivity contribution >= 4 is 12.4 Å². The monoisotopic (exact) mass is 327 g/mol. The van der Waals surface area contributed by atoms with E-state index in [0.717, 1.165) is 36.5 Å². The van der Waals surface area contributed by atoms with Crippen LogP contribution in [0.4, 0.5) is 0 Å². The van der Waals surface area contributed by atoms with E-state index in [1.54, 1.807) is 0 Å². The van der Waals surface area contributed by atoms with Crippen molar-refractivity contribution in [1.82, 2.24) is 0 Å². The van der Waals surface area contributed by atoms with Gasteiger partial charge in [-0.1, -0.05) is 13.8 Å². The topological polar surface area (TPSA) is 46.2 Å². The summed E-state index contributed by atoms with van der Waals surface area (Å²) in [6, 6.07) is 0.446. The van der Waals surface area contributed by atoms with Gasteiger partial charge in [-0.05, 0) is 92.3 Å². The molecule has 0 bridgehead atoms. The largest absolute Gasteiger partial charge is 0.393 e. The second-order valence-electron chi connectivity index (χ2n) is 9.31. The summed E-state index contributed by atoms with van der Waals surface area (Å²) in [5, 5.41) is 10.1. The number of aliphatic hydroxyl groups excluding tert-OH is 1. The second-order valence-corrected chi connectivity index (χ2v) is 9.31. The summed E-state index contributed by atoms with van der Waals surface area (Å²) in [4.78, 5) is 0. The van der Waals surface area contributed by atoms with Gasteiger partial charge in [0.05, 0.1) is 6.10 Å². The Bertz CT molecular complexity index is 430. The molecule has 3 N–H and O–H groups in total. The lowest BCUT2D eigenvalue weighted by Crippen LogP contribution is -2.55. The van der Waals surface area contributed by atoms with Crippen molar-refractivity contribution in [2.75, 3.05) is 0 Å². The van der Waals surface area contributed by atoms with Crippen molar-refractivity contribution in [1.29, 1.82) is 0 Å². The van der Waals surface area contributed by atoms with Crippen LogP contribution in [-0.2, 0) is 0 Å². The van der Waals surface area contributed by atoms with Gasteiger partial charge in [0.1, 0.15) is 0 Å². The molecule has 0 radical (unpaired) electrons. The first-order chi connectivity index (χ1) is 9.95. The van der Waals surface area contributed by atoms with E-state index < -0.39 is 0 Å². The average Bonchev–Trinajstić information content (AvgIpc) is 2.76. The van der Waals surface area contributed by atoms with Crippen molar-refractivity contribution in [2.24, 2.45) is 40.2 Å². The van der Waals surface area contributed by atoms with E-state index in [1.165, 1.54) is 44.9 Å². The molecule has 4 saturated carbocycles. The van der Waals surface area contributed by atoms with Crippen molar-refractivity contribution in [3.8, 4) is 0 Å². The van der Waals surface area contributed by atoms with Crippen molar-refractivity contribution in [3.63, 3.8) is 0 Å². The van der Waals surface area contributed by atoms with E-state index in [-0.39, 0.29) is 18.5 Å². The molecule has 0 unspecified atom stereocenters. The number of aliphatic hydroxyl groups is 1. The van der Waals surface area contributed by atoms with Gasteiger partial charge in [-0.15, -0.1) is 12.4 Å². The minimum Gasteiger partial charge on any atom is -0.393 e. The van der Waals surface area contributed by atoms with Gasteiger partial charge in [0.25, 0.3) is 0 Å². The molecule has 2 nitrogen and oxygen atoms in total. The molecule has 4 fully saturated rings. The summed E-state index contributed by atoms with van der Waals surface area (Å²) in [6.07, 6.45) is 11.5. The highest BCUT2D eigenvalue weighted by molar-refractivity contribution is 5.85. The van der Waals surface area contributed by atoms with Gasteiger partial charge in [-0.3, -0.25) is 0 Å². The molecule has 0 amide bonds. The molecule has 0 saturated heterocycles. The third-order valence-corrected chi connectivity index (χ3v) is 8.71. The SMILES string of the molecule is C[C@]12CC[C@H](O)C[C@@H]1CC[C@@H]1[C@@H]2CC[C@]2(C)[C@H](N)CC[C@@H]12.Cl. The molecule has 128 valence electrons. The van der Waals surface area contributed by atoms with Crippen LogP contribution in [0, 0.1) is 34.5 Å². The highest BCUT2D eigenvalue weighted by Gasteiger charge is 2.59. The number of rotatable bonds is 0. The minimum atomic E-state index is -0.0200. The average molecular weight is 328 g/mol. The van der Waals surface area contributed by atoms with E-state index in [1.807, 2.05) is 0 Å². The molecule has 3 heteroatoms. The molecule has 0 heterocycles. The molecule has 0 aromatic carbocycles. The van der Waals surface area contributed by atoms with Gasteiger partial charge in [-0.25, -0.2) is 0 Å². The smallest absolute Gasteiger partial charge is 0.0543 e. The summed E-state index contributed by atoms with van der Waals surface area (Å²) < 4.78 is 0. The zero-order valence-electron chi connectivity index (χ0n) is 14.3. The molecule has 0 aromatic rings. The van der Waals surface area contributed by atoms with Crippen LogP contribution in [0.15, 0.2) is 0 Å². The number of hydrogen-bond acceptors (Lipinski definition) is 2. The predicted molar refractivity (Wildman–Crippen MR) is 93.0 cm³/mol. The van der Waals surface area contributed by atoms with Crippen LogP contribution in [0.3, 0.4) is 0 Å². The normalized spacial score (nSPS) is 57.3. The van der Waals surface area contributed by atoms with Crippen LogP contribution >= 0.6 is 12.4 Å². The van der Waals surface area contributed by atoms with Gasteiger partial charge in [0.2, 0.25) is 0 Å². The van der Waals surface area contributed by atoms with Crippen LogP contribution in [0.5, 0.6) is 0 Å². The summed E-state index contributed by atoms with van der Waals surface area (Å²) in [7, 11) is 0. The highest BCUT2D eigenvalue weighted by Crippen LogP contribution is 2.65. The van der Waals surface area contributed by atoms with Gasteiger partial charge in [0.15, 0.2) is 0 Å². The summed E-state index contributed by atoms with van der Waals surface area (Å²) in [6.45, 7) is 5.06. The fourth-order valence-electron chi connectivity index (χ4n) is 7.28. The standard InChI is InChI=1S/C19H33NO.ClH/c1-18-9-7-13(21)11-12(18)3-4-14-15-5-6-17(20)19(15,2)10-8-16(14)18;/h12-17,21H,3-11,20H2,1-2H3;1H/t12-,13-,14-,15-,16-,17+,18-,19-;/m0./s1. The van der Waals surface area contributed by atoms with Gasteiger partial charge in [0, 0.05) is 6.04 Å². The number of halogens is 1. The van der Waals surface area contributed by atoms with Crippen molar-refractivity contribution in [3.05, 3.63) is 0 Å². The third kappa shape index (κ3) is 2.20. The van der Waals surface area contributed by atoms with E-state index in [0.29, 0.717) is 16.9 Å². The Hall–Kier alpha value is 0.210. The first-order valence-electron chi connectivity index (χ1n) is 9.39. The molecule has 0 aliphatic heterocycles. The fraction of sp³-hybridized carbons (Fsp3) is 1.00. The molecule has 0 aromatic heterocycles. The first kappa shape index (κ1) is 17.0. The lowest BCUT2D eigenvalue weighted by atomic mass is 9.45. The Balaban J connectivity index is 0.00000144. The third-order valence-electron chi connectivity index (χ3n) is 8.71. The van der Waals surface area contributed by atoms with Gasteiger partial charge in [-0.2, -0.15) is 0 Å². The lowest BCUT2D eigenvalue weighted by Gasteiger charge is -2.60. The van der Waals surface area contributed by atoms with Crippen molar-refractivity contribution in [2.45, 2.75) is 83.8 Å². The Morgan fingerprint density at radius 2 is 1.55 bits per heavy atom. The van der Waals surface area contributed by atoms with Gasteiger partial charge < -0.3 is 10.8 Å². The van der Waals surface area contributed by atoms with Crippen LogP contribution in [0.2, 0.25) is 0 Å². The maximum atomic E-state index is 10.1. The maximum Gasteiger partial charge on any atom is 0.0543 e. The molecule has 4 aliphatic carbocycles. The molecule has 4 aliphatic rings. The minimum absolute atomic E-state index is 0. The Morgan fingerprint density at radius 1 is 0.864 bits per heavy atom. The molecular formula is C19H34ClNO. The zero-order valence-corrected chi connectivity index (χ0v) is 15.1. The Morgan fingerprint density at radius 3 is 2.32 bits per heavy atom. The lowest BCUT2D eigenvalue weighted by molar-refractivity contribution is -0.122. The predicted octanol–water partition coefficient (Wildman–Crippen LogP) is 4.14. The fourth-order valence-corrected chi connectivity index (χ4v) is 7.28. The van der Waals surface area contributed by atoms with E-state index in [2.05, 4.69) is 13.8 Å². The van der Waals surface area contributed by atoms with Crippen LogP contribution in [-0.4, -0.2) is 17.3 Å². The van der Waals surface area contributed by atoms with Gasteiger partial charge >= 0.3 is 0 Å². The summed E-state index contributed by atoms with van der Waals surface area (Å²) >= 11 is 0. The van der Waals surface area contributed by atoms with E-state index in [4.69, 9.17) is 5.73 Å². The Kier molecular flexibility index (Phi) is 4.37. The second kappa shape index (κ2) is 5.63. The number of fused-ring (bicyclic) bond motifs is 5. The quantitative estimate of drug-likeness (QED) is 0.702. The molecular weight excluding hydrogens is 294 g/mol.